The highest BCUT2D eigenvalue weighted by atomic mass is 35.5. The minimum atomic E-state index is -0.853. The molecule has 1 saturated heterocycles. The Balaban J connectivity index is 0.00000162. The van der Waals surface area contributed by atoms with Crippen molar-refractivity contribution in [2.75, 3.05) is 6.54 Å². The van der Waals surface area contributed by atoms with Crippen molar-refractivity contribution >= 4 is 18.4 Å². The highest BCUT2D eigenvalue weighted by molar-refractivity contribution is 5.85. The fourth-order valence-electron chi connectivity index (χ4n) is 2.31. The number of hydrogen-bond donors (Lipinski definition) is 2. The van der Waals surface area contributed by atoms with Gasteiger partial charge in [-0.15, -0.1) is 12.4 Å². The molecule has 0 spiro atoms. The first kappa shape index (κ1) is 14.5. The van der Waals surface area contributed by atoms with E-state index in [1.165, 1.54) is 0 Å². The molecular formula is C13H15ClN2O2. The third-order valence-electron chi connectivity index (χ3n) is 3.22. The molecule has 0 unspecified atom stereocenters. The summed E-state index contributed by atoms with van der Waals surface area (Å²) in [6.07, 6.45) is 1.95. The number of halogens is 1. The second kappa shape index (κ2) is 5.85. The van der Waals surface area contributed by atoms with Crippen molar-refractivity contribution in [3.63, 3.8) is 0 Å². The van der Waals surface area contributed by atoms with Crippen molar-refractivity contribution < 1.29 is 9.90 Å². The molecule has 2 rings (SSSR count). The van der Waals surface area contributed by atoms with Gasteiger partial charge in [0.25, 0.3) is 0 Å². The lowest BCUT2D eigenvalue weighted by Crippen LogP contribution is -2.49. The highest BCUT2D eigenvalue weighted by Gasteiger charge is 2.40. The van der Waals surface area contributed by atoms with Crippen molar-refractivity contribution in [2.24, 2.45) is 0 Å². The lowest BCUT2D eigenvalue weighted by molar-refractivity contribution is -0.144. The minimum Gasteiger partial charge on any atom is -0.480 e. The Morgan fingerprint density at radius 1 is 1.56 bits per heavy atom. The van der Waals surface area contributed by atoms with Crippen LogP contribution >= 0.6 is 12.4 Å². The first-order valence-corrected chi connectivity index (χ1v) is 5.64. The Labute approximate surface area is 112 Å². The second-order valence-corrected chi connectivity index (χ2v) is 4.41. The maximum Gasteiger partial charge on any atom is 0.324 e. The molecule has 0 bridgehead atoms. The van der Waals surface area contributed by atoms with Gasteiger partial charge in [-0.3, -0.25) is 4.79 Å². The third-order valence-corrected chi connectivity index (χ3v) is 3.22. The van der Waals surface area contributed by atoms with E-state index in [9.17, 15) is 9.90 Å². The monoisotopic (exact) mass is 266 g/mol. The Kier molecular flexibility index (Phi) is 4.71. The summed E-state index contributed by atoms with van der Waals surface area (Å²) in [6.45, 7) is 0.740. The number of carboxylic acids is 1. The molecule has 1 aliphatic heterocycles. The van der Waals surface area contributed by atoms with Crippen LogP contribution in [0.5, 0.6) is 0 Å². The van der Waals surface area contributed by atoms with Crippen molar-refractivity contribution in [1.82, 2.24) is 5.32 Å². The number of carbonyl (C=O) groups is 1. The van der Waals surface area contributed by atoms with Crippen LogP contribution in [0.3, 0.4) is 0 Å². The second-order valence-electron chi connectivity index (χ2n) is 4.41. The molecule has 2 N–H and O–H groups in total. The SMILES string of the molecule is Cl.N#Cc1cccc(C[C@]2(C(=O)O)CCCN2)c1. The van der Waals surface area contributed by atoms with E-state index in [1.807, 2.05) is 6.07 Å². The average molecular weight is 267 g/mol. The van der Waals surface area contributed by atoms with Crippen molar-refractivity contribution in [1.29, 1.82) is 5.26 Å². The van der Waals surface area contributed by atoms with Gasteiger partial charge in [0.15, 0.2) is 0 Å². The lowest BCUT2D eigenvalue weighted by Gasteiger charge is -2.24. The van der Waals surface area contributed by atoms with Crippen LogP contribution in [0.15, 0.2) is 24.3 Å². The summed E-state index contributed by atoms with van der Waals surface area (Å²) < 4.78 is 0. The zero-order chi connectivity index (χ0) is 12.3. The van der Waals surface area contributed by atoms with Gasteiger partial charge in [0.1, 0.15) is 5.54 Å². The number of nitriles is 1. The Hall–Kier alpha value is -1.57. The molecule has 96 valence electrons. The molecule has 1 aromatic carbocycles. The van der Waals surface area contributed by atoms with Gasteiger partial charge < -0.3 is 10.4 Å². The van der Waals surface area contributed by atoms with Gasteiger partial charge in [-0.25, -0.2) is 0 Å². The van der Waals surface area contributed by atoms with E-state index < -0.39 is 11.5 Å². The van der Waals surface area contributed by atoms with E-state index in [0.717, 1.165) is 18.5 Å². The molecule has 1 aliphatic rings. The predicted molar refractivity (Wildman–Crippen MR) is 69.7 cm³/mol. The summed E-state index contributed by atoms with van der Waals surface area (Å²) in [4.78, 5) is 11.4. The van der Waals surface area contributed by atoms with Gasteiger partial charge in [-0.1, -0.05) is 12.1 Å². The largest absolute Gasteiger partial charge is 0.480 e. The molecule has 1 fully saturated rings. The number of nitrogens with one attached hydrogen (secondary N) is 1. The predicted octanol–water partition coefficient (Wildman–Crippen LogP) is 1.73. The van der Waals surface area contributed by atoms with Crippen molar-refractivity contribution in [2.45, 2.75) is 24.8 Å². The fraction of sp³-hybridized carbons (Fsp3) is 0.385. The third kappa shape index (κ3) is 2.81. The average Bonchev–Trinajstić information content (AvgIpc) is 2.79. The van der Waals surface area contributed by atoms with E-state index in [4.69, 9.17) is 5.26 Å². The van der Waals surface area contributed by atoms with Gasteiger partial charge >= 0.3 is 5.97 Å². The summed E-state index contributed by atoms with van der Waals surface area (Å²) in [5, 5.41) is 21.2. The zero-order valence-corrected chi connectivity index (χ0v) is 10.7. The summed E-state index contributed by atoms with van der Waals surface area (Å²) in [7, 11) is 0. The van der Waals surface area contributed by atoms with E-state index in [-0.39, 0.29) is 12.4 Å². The molecule has 0 radical (unpaired) electrons. The molecule has 4 nitrogen and oxygen atoms in total. The highest BCUT2D eigenvalue weighted by Crippen LogP contribution is 2.24. The summed E-state index contributed by atoms with van der Waals surface area (Å²) in [5.41, 5.74) is 0.607. The van der Waals surface area contributed by atoms with Gasteiger partial charge in [0.05, 0.1) is 11.6 Å². The number of aliphatic carboxylic acids is 1. The smallest absolute Gasteiger partial charge is 0.324 e. The molecule has 0 aliphatic carbocycles. The summed E-state index contributed by atoms with van der Waals surface area (Å²) in [5.74, 6) is -0.808. The lowest BCUT2D eigenvalue weighted by atomic mass is 9.89. The van der Waals surface area contributed by atoms with Crippen molar-refractivity contribution in [3.8, 4) is 6.07 Å². The van der Waals surface area contributed by atoms with Crippen LogP contribution in [0.2, 0.25) is 0 Å². The van der Waals surface area contributed by atoms with Crippen LogP contribution in [-0.4, -0.2) is 23.2 Å². The summed E-state index contributed by atoms with van der Waals surface area (Å²) >= 11 is 0. The first-order valence-electron chi connectivity index (χ1n) is 5.64. The normalized spacial score (nSPS) is 21.9. The van der Waals surface area contributed by atoms with Crippen LogP contribution in [0.1, 0.15) is 24.0 Å². The number of rotatable bonds is 3. The Morgan fingerprint density at radius 2 is 2.33 bits per heavy atom. The Morgan fingerprint density at radius 3 is 2.89 bits per heavy atom. The van der Waals surface area contributed by atoms with Crippen LogP contribution in [0.4, 0.5) is 0 Å². The van der Waals surface area contributed by atoms with Gasteiger partial charge in [-0.2, -0.15) is 5.26 Å². The molecule has 18 heavy (non-hydrogen) atoms. The maximum atomic E-state index is 11.4. The van der Waals surface area contributed by atoms with Gasteiger partial charge in [0, 0.05) is 6.42 Å². The Bertz CT molecular complexity index is 476. The molecule has 0 amide bonds. The molecule has 1 heterocycles. The molecule has 0 saturated carbocycles. The first-order chi connectivity index (χ1) is 8.16. The van der Waals surface area contributed by atoms with Crippen LogP contribution in [0, 0.1) is 11.3 Å². The van der Waals surface area contributed by atoms with E-state index in [1.54, 1.807) is 18.2 Å². The summed E-state index contributed by atoms with van der Waals surface area (Å²) in [6, 6.07) is 9.20. The van der Waals surface area contributed by atoms with E-state index in [0.29, 0.717) is 18.4 Å². The molecule has 0 aromatic heterocycles. The number of nitrogens with zero attached hydrogens (tertiary/aromatic N) is 1. The number of benzene rings is 1. The van der Waals surface area contributed by atoms with E-state index in [2.05, 4.69) is 11.4 Å². The van der Waals surface area contributed by atoms with Crippen LogP contribution in [0.25, 0.3) is 0 Å². The van der Waals surface area contributed by atoms with Crippen molar-refractivity contribution in [3.05, 3.63) is 35.4 Å². The van der Waals surface area contributed by atoms with Crippen LogP contribution in [-0.2, 0) is 11.2 Å². The topological polar surface area (TPSA) is 73.1 Å². The zero-order valence-electron chi connectivity index (χ0n) is 9.85. The molecule has 1 atom stereocenters. The maximum absolute atomic E-state index is 11.4. The number of carboxylic acid groups (broad SMARTS) is 1. The van der Waals surface area contributed by atoms with Gasteiger partial charge in [-0.05, 0) is 37.1 Å². The molecule has 1 aromatic rings. The molecular weight excluding hydrogens is 252 g/mol. The quantitative estimate of drug-likeness (QED) is 0.874. The van der Waals surface area contributed by atoms with Crippen LogP contribution < -0.4 is 5.32 Å². The van der Waals surface area contributed by atoms with Gasteiger partial charge in [0.2, 0.25) is 0 Å². The molecule has 5 heteroatoms. The minimum absolute atomic E-state index is 0. The standard InChI is InChI=1S/C13H14N2O2.ClH/c14-9-11-4-1-3-10(7-11)8-13(12(16)17)5-2-6-15-13;/h1,3-4,7,15H,2,5-6,8H2,(H,16,17);1H/t13-;/m0./s1. The fourth-order valence-corrected chi connectivity index (χ4v) is 2.31. The van der Waals surface area contributed by atoms with E-state index >= 15 is 0 Å². The number of hydrogen-bond acceptors (Lipinski definition) is 3.